The lowest BCUT2D eigenvalue weighted by atomic mass is 9.78. The summed E-state index contributed by atoms with van der Waals surface area (Å²) in [5.74, 6) is -0.345. The van der Waals surface area contributed by atoms with E-state index in [1.54, 1.807) is 0 Å². The van der Waals surface area contributed by atoms with Crippen molar-refractivity contribution in [1.82, 2.24) is 10.3 Å². The van der Waals surface area contributed by atoms with Gasteiger partial charge in [0.05, 0.1) is 10.7 Å². The van der Waals surface area contributed by atoms with Crippen LogP contribution in [0.5, 0.6) is 0 Å². The number of rotatable bonds is 4. The molecule has 1 saturated carbocycles. The molecule has 0 aliphatic heterocycles. The lowest BCUT2D eigenvalue weighted by Gasteiger charge is -2.34. The van der Waals surface area contributed by atoms with Crippen molar-refractivity contribution in [3.63, 3.8) is 0 Å². The Morgan fingerprint density at radius 2 is 1.92 bits per heavy atom. The molecule has 0 saturated heterocycles. The molecule has 9 heteroatoms. The SMILES string of the molecule is C[C@@H]1[C@H](C)CCC[C@@H]1NC(=O)COC(=O)c1nc(Cl)c(Cl)c(N)c1Cl. The molecule has 1 heterocycles. The molecule has 1 aromatic rings. The van der Waals surface area contributed by atoms with Crippen LogP contribution < -0.4 is 11.1 Å². The maximum atomic E-state index is 12.1. The van der Waals surface area contributed by atoms with Gasteiger partial charge in [0.15, 0.2) is 17.5 Å². The van der Waals surface area contributed by atoms with Crippen LogP contribution in [-0.2, 0) is 9.53 Å². The molecule has 6 nitrogen and oxygen atoms in total. The van der Waals surface area contributed by atoms with E-state index in [9.17, 15) is 9.59 Å². The molecule has 0 spiro atoms. The number of nitrogens with two attached hydrogens (primary N) is 1. The molecule has 0 bridgehead atoms. The first-order valence-corrected chi connectivity index (χ1v) is 9.12. The molecule has 1 aliphatic rings. The number of nitrogens with zero attached hydrogens (tertiary/aromatic N) is 1. The van der Waals surface area contributed by atoms with Crippen molar-refractivity contribution < 1.29 is 14.3 Å². The molecule has 1 aromatic heterocycles. The molecular formula is C16H20Cl3N3O3. The Morgan fingerprint density at radius 3 is 2.60 bits per heavy atom. The normalized spacial score (nSPS) is 23.2. The van der Waals surface area contributed by atoms with Crippen molar-refractivity contribution in [2.24, 2.45) is 11.8 Å². The Hall–Kier alpha value is -1.24. The van der Waals surface area contributed by atoms with Crippen LogP contribution in [0.25, 0.3) is 0 Å². The van der Waals surface area contributed by atoms with E-state index in [0.29, 0.717) is 11.8 Å². The van der Waals surface area contributed by atoms with Crippen molar-refractivity contribution in [2.75, 3.05) is 12.3 Å². The van der Waals surface area contributed by atoms with Crippen molar-refractivity contribution in [2.45, 2.75) is 39.2 Å². The number of aromatic nitrogens is 1. The maximum absolute atomic E-state index is 12.1. The summed E-state index contributed by atoms with van der Waals surface area (Å²) in [5, 5.41) is 2.55. The molecule has 0 unspecified atom stereocenters. The largest absolute Gasteiger partial charge is 0.451 e. The first kappa shape index (κ1) is 20.1. The van der Waals surface area contributed by atoms with E-state index < -0.39 is 12.6 Å². The highest BCUT2D eigenvalue weighted by Crippen LogP contribution is 2.34. The number of nitrogens with one attached hydrogen (secondary N) is 1. The number of hydrogen-bond acceptors (Lipinski definition) is 5. The van der Waals surface area contributed by atoms with Gasteiger partial charge in [0.2, 0.25) is 0 Å². The fraction of sp³-hybridized carbons (Fsp3) is 0.562. The molecule has 1 aliphatic carbocycles. The average molecular weight is 409 g/mol. The van der Waals surface area contributed by atoms with Gasteiger partial charge in [-0.1, -0.05) is 61.5 Å². The fourth-order valence-electron chi connectivity index (χ4n) is 2.90. The van der Waals surface area contributed by atoms with E-state index in [-0.39, 0.29) is 38.5 Å². The van der Waals surface area contributed by atoms with Crippen LogP contribution in [0.3, 0.4) is 0 Å². The van der Waals surface area contributed by atoms with Gasteiger partial charge in [-0.25, -0.2) is 9.78 Å². The molecule has 3 atom stereocenters. The molecule has 3 N–H and O–H groups in total. The topological polar surface area (TPSA) is 94.3 Å². The summed E-state index contributed by atoms with van der Waals surface area (Å²) in [6, 6.07) is 0.0808. The second-order valence-corrected chi connectivity index (χ2v) is 7.42. The second kappa shape index (κ2) is 8.43. The summed E-state index contributed by atoms with van der Waals surface area (Å²) < 4.78 is 4.97. The minimum atomic E-state index is -0.893. The highest BCUT2D eigenvalue weighted by molar-refractivity contribution is 6.46. The number of hydrogen-bond donors (Lipinski definition) is 2. The summed E-state index contributed by atoms with van der Waals surface area (Å²) in [6.07, 6.45) is 3.14. The van der Waals surface area contributed by atoms with E-state index in [1.807, 2.05) is 0 Å². The first-order valence-electron chi connectivity index (χ1n) is 7.98. The zero-order chi connectivity index (χ0) is 18.7. The fourth-order valence-corrected chi connectivity index (χ4v) is 3.49. The van der Waals surface area contributed by atoms with Crippen molar-refractivity contribution in [3.05, 3.63) is 20.9 Å². The van der Waals surface area contributed by atoms with Gasteiger partial charge >= 0.3 is 5.97 Å². The Labute approximate surface area is 161 Å². The molecule has 25 heavy (non-hydrogen) atoms. The van der Waals surface area contributed by atoms with E-state index in [4.69, 9.17) is 45.3 Å². The van der Waals surface area contributed by atoms with Gasteiger partial charge in [-0.15, -0.1) is 0 Å². The predicted molar refractivity (Wildman–Crippen MR) is 98.1 cm³/mol. The van der Waals surface area contributed by atoms with E-state index in [1.165, 1.54) is 0 Å². The van der Waals surface area contributed by atoms with Crippen LogP contribution in [0.15, 0.2) is 0 Å². The molecule has 1 fully saturated rings. The van der Waals surface area contributed by atoms with E-state index in [0.717, 1.165) is 19.3 Å². The summed E-state index contributed by atoms with van der Waals surface area (Å²) in [5.41, 5.74) is 5.31. The van der Waals surface area contributed by atoms with Gasteiger partial charge in [0.25, 0.3) is 5.91 Å². The summed E-state index contributed by atoms with van der Waals surface area (Å²) in [6.45, 7) is 3.85. The lowest BCUT2D eigenvalue weighted by molar-refractivity contribution is -0.125. The number of anilines is 1. The molecule has 0 aromatic carbocycles. The minimum absolute atomic E-state index is 0.0404. The Bertz CT molecular complexity index is 684. The van der Waals surface area contributed by atoms with Crippen LogP contribution >= 0.6 is 34.8 Å². The third-order valence-electron chi connectivity index (χ3n) is 4.65. The zero-order valence-electron chi connectivity index (χ0n) is 13.9. The highest BCUT2D eigenvalue weighted by atomic mass is 35.5. The number of amides is 1. The number of pyridine rings is 1. The molecule has 1 amide bonds. The first-order chi connectivity index (χ1) is 11.7. The van der Waals surface area contributed by atoms with Crippen LogP contribution in [0.4, 0.5) is 5.69 Å². The monoisotopic (exact) mass is 407 g/mol. The summed E-state index contributed by atoms with van der Waals surface area (Å²) in [7, 11) is 0. The predicted octanol–water partition coefficient (Wildman–Crippen LogP) is 3.72. The molecule has 138 valence electrons. The number of halogens is 3. The number of carbonyl (C=O) groups is 2. The highest BCUT2D eigenvalue weighted by Gasteiger charge is 2.28. The number of nitrogen functional groups attached to an aromatic ring is 1. The van der Waals surface area contributed by atoms with Gasteiger partial charge in [-0.3, -0.25) is 4.79 Å². The van der Waals surface area contributed by atoms with Gasteiger partial charge in [0.1, 0.15) is 5.02 Å². The van der Waals surface area contributed by atoms with Crippen LogP contribution in [0.2, 0.25) is 15.2 Å². The Morgan fingerprint density at radius 1 is 1.24 bits per heavy atom. The van der Waals surface area contributed by atoms with Gasteiger partial charge < -0.3 is 15.8 Å². The summed E-state index contributed by atoms with van der Waals surface area (Å²) >= 11 is 17.5. The quantitative estimate of drug-likeness (QED) is 0.585. The Balaban J connectivity index is 1.95. The lowest BCUT2D eigenvalue weighted by Crippen LogP contribution is -2.45. The van der Waals surface area contributed by atoms with Crippen LogP contribution in [0, 0.1) is 11.8 Å². The van der Waals surface area contributed by atoms with Crippen LogP contribution in [0.1, 0.15) is 43.6 Å². The second-order valence-electron chi connectivity index (χ2n) is 6.31. The number of carbonyl (C=O) groups excluding carboxylic acids is 2. The van der Waals surface area contributed by atoms with E-state index >= 15 is 0 Å². The maximum Gasteiger partial charge on any atom is 0.359 e. The third-order valence-corrected chi connectivity index (χ3v) is 5.79. The van der Waals surface area contributed by atoms with Crippen molar-refractivity contribution in [1.29, 1.82) is 0 Å². The summed E-state index contributed by atoms with van der Waals surface area (Å²) in [4.78, 5) is 27.9. The molecule has 0 radical (unpaired) electrons. The van der Waals surface area contributed by atoms with Gasteiger partial charge in [-0.05, 0) is 18.3 Å². The van der Waals surface area contributed by atoms with Gasteiger partial charge in [-0.2, -0.15) is 0 Å². The Kier molecular flexibility index (Phi) is 6.77. The average Bonchev–Trinajstić information content (AvgIpc) is 2.58. The molecule has 2 rings (SSSR count). The van der Waals surface area contributed by atoms with Crippen LogP contribution in [-0.4, -0.2) is 29.5 Å². The number of esters is 1. The van der Waals surface area contributed by atoms with Crippen molar-refractivity contribution >= 4 is 52.4 Å². The third kappa shape index (κ3) is 4.68. The van der Waals surface area contributed by atoms with E-state index in [2.05, 4.69) is 24.1 Å². The zero-order valence-corrected chi connectivity index (χ0v) is 16.2. The van der Waals surface area contributed by atoms with Gasteiger partial charge in [0, 0.05) is 6.04 Å². The minimum Gasteiger partial charge on any atom is -0.451 e. The van der Waals surface area contributed by atoms with Crippen molar-refractivity contribution in [3.8, 4) is 0 Å². The molecular weight excluding hydrogens is 389 g/mol. The standard InChI is InChI=1S/C16H20Cl3N3O3/c1-7-4-3-5-9(8(7)2)21-10(23)6-25-16(24)14-11(17)13(20)12(18)15(19)22-14/h7-9H,3-6H2,1-2H3,(H2,20,22)(H,21,23)/t7-,8-,9+/m1/s1. The smallest absolute Gasteiger partial charge is 0.359 e. The number of ether oxygens (including phenoxy) is 1.